The quantitative estimate of drug-likeness (QED) is 0.893. The Morgan fingerprint density at radius 2 is 2.00 bits per heavy atom. The van der Waals surface area contributed by atoms with Crippen LogP contribution in [0.3, 0.4) is 0 Å². The number of rotatable bonds is 4. The summed E-state index contributed by atoms with van der Waals surface area (Å²) < 4.78 is 0. The highest BCUT2D eigenvalue weighted by Gasteiger charge is 2.16. The van der Waals surface area contributed by atoms with Crippen molar-refractivity contribution in [1.82, 2.24) is 9.97 Å². The van der Waals surface area contributed by atoms with Crippen LogP contribution in [0.1, 0.15) is 18.5 Å². The van der Waals surface area contributed by atoms with E-state index in [1.807, 2.05) is 24.4 Å². The van der Waals surface area contributed by atoms with E-state index in [1.165, 1.54) is 19.0 Å². The van der Waals surface area contributed by atoms with Gasteiger partial charge < -0.3 is 15.3 Å². The van der Waals surface area contributed by atoms with Gasteiger partial charge in [0.05, 0.1) is 24.1 Å². The van der Waals surface area contributed by atoms with Crippen LogP contribution in [-0.2, 0) is 6.54 Å². The van der Waals surface area contributed by atoms with Gasteiger partial charge in [-0.1, -0.05) is 0 Å². The molecule has 1 aliphatic rings. The van der Waals surface area contributed by atoms with Gasteiger partial charge in [0.15, 0.2) is 5.82 Å². The van der Waals surface area contributed by atoms with Crippen molar-refractivity contribution in [3.05, 3.63) is 42.4 Å². The van der Waals surface area contributed by atoms with E-state index in [9.17, 15) is 5.11 Å². The zero-order valence-electron chi connectivity index (χ0n) is 11.3. The van der Waals surface area contributed by atoms with Crippen molar-refractivity contribution in [2.24, 2.45) is 0 Å². The summed E-state index contributed by atoms with van der Waals surface area (Å²) in [5.74, 6) is 1.21. The summed E-state index contributed by atoms with van der Waals surface area (Å²) in [6.45, 7) is 2.76. The van der Waals surface area contributed by atoms with E-state index in [1.54, 1.807) is 6.07 Å². The molecule has 0 atom stereocenters. The van der Waals surface area contributed by atoms with Crippen LogP contribution in [0.5, 0.6) is 5.75 Å². The zero-order chi connectivity index (χ0) is 13.8. The smallest absolute Gasteiger partial charge is 0.151 e. The summed E-state index contributed by atoms with van der Waals surface area (Å²) >= 11 is 0. The van der Waals surface area contributed by atoms with Crippen molar-refractivity contribution in [3.63, 3.8) is 0 Å². The number of nitrogens with one attached hydrogen (secondary N) is 1. The van der Waals surface area contributed by atoms with Crippen molar-refractivity contribution < 1.29 is 5.11 Å². The number of aromatic hydroxyl groups is 1. The topological polar surface area (TPSA) is 61.3 Å². The van der Waals surface area contributed by atoms with Gasteiger partial charge in [-0.15, -0.1) is 0 Å². The first-order chi connectivity index (χ1) is 9.83. The van der Waals surface area contributed by atoms with Crippen molar-refractivity contribution in [1.29, 1.82) is 0 Å². The van der Waals surface area contributed by atoms with Gasteiger partial charge >= 0.3 is 0 Å². The first kappa shape index (κ1) is 12.7. The maximum Gasteiger partial charge on any atom is 0.151 e. The van der Waals surface area contributed by atoms with E-state index < -0.39 is 0 Å². The zero-order valence-corrected chi connectivity index (χ0v) is 11.3. The minimum absolute atomic E-state index is 0.188. The molecule has 0 spiro atoms. The highest BCUT2D eigenvalue weighted by atomic mass is 16.3. The molecule has 0 bridgehead atoms. The largest absolute Gasteiger partial charge is 0.506 e. The van der Waals surface area contributed by atoms with Crippen molar-refractivity contribution in [2.45, 2.75) is 19.4 Å². The molecule has 1 fully saturated rings. The molecule has 3 rings (SSSR count). The monoisotopic (exact) mass is 270 g/mol. The summed E-state index contributed by atoms with van der Waals surface area (Å²) in [5.41, 5.74) is 1.92. The lowest BCUT2D eigenvalue weighted by Gasteiger charge is -2.20. The second kappa shape index (κ2) is 5.77. The van der Waals surface area contributed by atoms with Gasteiger partial charge in [-0.2, -0.15) is 0 Å². The van der Waals surface area contributed by atoms with Crippen LogP contribution >= 0.6 is 0 Å². The average Bonchev–Trinajstić information content (AvgIpc) is 3.01. The summed E-state index contributed by atoms with van der Waals surface area (Å²) in [6, 6.07) is 7.44. The van der Waals surface area contributed by atoms with Gasteiger partial charge in [0.1, 0.15) is 5.75 Å². The lowest BCUT2D eigenvalue weighted by atomic mass is 10.3. The molecule has 0 aromatic carbocycles. The molecule has 2 aromatic heterocycles. The fourth-order valence-electron chi connectivity index (χ4n) is 2.42. The molecule has 0 unspecified atom stereocenters. The lowest BCUT2D eigenvalue weighted by molar-refractivity contribution is 0.472. The third-order valence-electron chi connectivity index (χ3n) is 3.46. The predicted molar refractivity (Wildman–Crippen MR) is 78.9 cm³/mol. The molecule has 0 saturated carbocycles. The summed E-state index contributed by atoms with van der Waals surface area (Å²) in [5, 5.41) is 12.6. The van der Waals surface area contributed by atoms with Crippen LogP contribution in [0.15, 0.2) is 36.7 Å². The molecule has 3 heterocycles. The molecule has 0 amide bonds. The van der Waals surface area contributed by atoms with Crippen LogP contribution in [0.4, 0.5) is 11.5 Å². The minimum atomic E-state index is 0.188. The minimum Gasteiger partial charge on any atom is -0.506 e. The molecular weight excluding hydrogens is 252 g/mol. The number of pyridine rings is 2. The third kappa shape index (κ3) is 2.82. The SMILES string of the molecule is Oc1ccc(CNc2cccnc2N2CCCC2)nc1. The van der Waals surface area contributed by atoms with Gasteiger partial charge in [-0.3, -0.25) is 4.98 Å². The van der Waals surface area contributed by atoms with Crippen molar-refractivity contribution in [2.75, 3.05) is 23.3 Å². The van der Waals surface area contributed by atoms with Crippen LogP contribution in [0, 0.1) is 0 Å². The van der Waals surface area contributed by atoms with E-state index in [-0.39, 0.29) is 5.75 Å². The molecule has 1 aliphatic heterocycles. The maximum atomic E-state index is 9.23. The van der Waals surface area contributed by atoms with Gasteiger partial charge in [-0.05, 0) is 37.1 Å². The van der Waals surface area contributed by atoms with Crippen LogP contribution in [0.25, 0.3) is 0 Å². The van der Waals surface area contributed by atoms with Gasteiger partial charge in [-0.25, -0.2) is 4.98 Å². The lowest BCUT2D eigenvalue weighted by Crippen LogP contribution is -2.20. The molecule has 5 nitrogen and oxygen atoms in total. The molecule has 104 valence electrons. The van der Waals surface area contributed by atoms with E-state index in [0.717, 1.165) is 30.3 Å². The Hall–Kier alpha value is -2.30. The summed E-state index contributed by atoms with van der Waals surface area (Å²) in [7, 11) is 0. The third-order valence-corrected chi connectivity index (χ3v) is 3.46. The van der Waals surface area contributed by atoms with Gasteiger partial charge in [0, 0.05) is 19.3 Å². The maximum absolute atomic E-state index is 9.23. The molecule has 1 saturated heterocycles. The van der Waals surface area contributed by atoms with Crippen molar-refractivity contribution in [3.8, 4) is 5.75 Å². The Balaban J connectivity index is 1.72. The number of nitrogens with zero attached hydrogens (tertiary/aromatic N) is 3. The first-order valence-electron chi connectivity index (χ1n) is 6.91. The van der Waals surface area contributed by atoms with E-state index >= 15 is 0 Å². The Kier molecular flexibility index (Phi) is 3.67. The normalized spacial score (nSPS) is 14.5. The fourth-order valence-corrected chi connectivity index (χ4v) is 2.42. The van der Waals surface area contributed by atoms with Crippen LogP contribution in [-0.4, -0.2) is 28.2 Å². The second-order valence-corrected chi connectivity index (χ2v) is 4.93. The number of hydrogen-bond acceptors (Lipinski definition) is 5. The molecule has 0 radical (unpaired) electrons. The Morgan fingerprint density at radius 3 is 2.75 bits per heavy atom. The Morgan fingerprint density at radius 1 is 1.15 bits per heavy atom. The molecule has 20 heavy (non-hydrogen) atoms. The molecule has 0 aliphatic carbocycles. The van der Waals surface area contributed by atoms with Gasteiger partial charge in [0.2, 0.25) is 0 Å². The van der Waals surface area contributed by atoms with E-state index in [0.29, 0.717) is 6.54 Å². The van der Waals surface area contributed by atoms with E-state index in [4.69, 9.17) is 0 Å². The second-order valence-electron chi connectivity index (χ2n) is 4.93. The van der Waals surface area contributed by atoms with Crippen molar-refractivity contribution >= 4 is 11.5 Å². The average molecular weight is 270 g/mol. The number of aromatic nitrogens is 2. The number of anilines is 2. The van der Waals surface area contributed by atoms with Crippen LogP contribution in [0.2, 0.25) is 0 Å². The molecule has 5 heteroatoms. The highest BCUT2D eigenvalue weighted by Crippen LogP contribution is 2.26. The molecule has 2 N–H and O–H groups in total. The Bertz CT molecular complexity index is 564. The van der Waals surface area contributed by atoms with Crippen LogP contribution < -0.4 is 10.2 Å². The molecule has 2 aromatic rings. The van der Waals surface area contributed by atoms with Gasteiger partial charge in [0.25, 0.3) is 0 Å². The molecular formula is C15H18N4O. The fraction of sp³-hybridized carbons (Fsp3) is 0.333. The van der Waals surface area contributed by atoms with E-state index in [2.05, 4.69) is 20.2 Å². The Labute approximate surface area is 118 Å². The predicted octanol–water partition coefficient (Wildman–Crippen LogP) is 2.39. The first-order valence-corrected chi connectivity index (χ1v) is 6.91. The summed E-state index contributed by atoms with van der Waals surface area (Å²) in [4.78, 5) is 11.0. The standard InChI is InChI=1S/C15H18N4O/c20-13-6-5-12(17-11-13)10-18-14-4-3-7-16-15(14)19-8-1-2-9-19/h3-7,11,18,20H,1-2,8-10H2. The summed E-state index contributed by atoms with van der Waals surface area (Å²) in [6.07, 6.45) is 5.75. The highest BCUT2D eigenvalue weighted by molar-refractivity contribution is 5.65. The number of hydrogen-bond donors (Lipinski definition) is 2.